The predicted octanol–water partition coefficient (Wildman–Crippen LogP) is 2.92. The summed E-state index contributed by atoms with van der Waals surface area (Å²) < 4.78 is 10.5. The van der Waals surface area contributed by atoms with Crippen molar-refractivity contribution in [3.8, 4) is 11.5 Å². The van der Waals surface area contributed by atoms with Gasteiger partial charge in [0.1, 0.15) is 11.5 Å². The Hall–Kier alpha value is -2.82. The Labute approximate surface area is 128 Å². The van der Waals surface area contributed by atoms with Crippen LogP contribution in [0.3, 0.4) is 0 Å². The minimum absolute atomic E-state index is 0.107. The van der Waals surface area contributed by atoms with Gasteiger partial charge in [0.2, 0.25) is 0 Å². The van der Waals surface area contributed by atoms with E-state index in [1.54, 1.807) is 55.6 Å². The lowest BCUT2D eigenvalue weighted by atomic mass is 10.1. The highest BCUT2D eigenvalue weighted by Crippen LogP contribution is 2.19. The normalized spacial score (nSPS) is 9.91. The Bertz CT molecular complexity index is 682. The summed E-state index contributed by atoms with van der Waals surface area (Å²) in [6, 6.07) is 13.8. The van der Waals surface area contributed by atoms with E-state index >= 15 is 0 Å². The van der Waals surface area contributed by atoms with Gasteiger partial charge in [-0.05, 0) is 31.2 Å². The van der Waals surface area contributed by atoms with Gasteiger partial charge in [-0.15, -0.1) is 0 Å². The van der Waals surface area contributed by atoms with Crippen LogP contribution in [0, 0.1) is 0 Å². The molecule has 2 aromatic rings. The number of hydrogen-bond donors (Lipinski definition) is 1. The average molecular weight is 299 g/mol. The zero-order valence-electron chi connectivity index (χ0n) is 12.5. The molecule has 2 rings (SSSR count). The Morgan fingerprint density at radius 3 is 2.50 bits per heavy atom. The van der Waals surface area contributed by atoms with Gasteiger partial charge in [-0.3, -0.25) is 9.59 Å². The van der Waals surface area contributed by atoms with Gasteiger partial charge in [0.15, 0.2) is 12.4 Å². The van der Waals surface area contributed by atoms with E-state index in [2.05, 4.69) is 5.32 Å². The van der Waals surface area contributed by atoms with Crippen molar-refractivity contribution >= 4 is 17.4 Å². The number of nitrogens with one attached hydrogen (secondary N) is 1. The maximum Gasteiger partial charge on any atom is 0.262 e. The number of ketones is 1. The summed E-state index contributed by atoms with van der Waals surface area (Å²) in [5, 5.41) is 2.67. The second-order valence-electron chi connectivity index (χ2n) is 4.62. The molecule has 0 heterocycles. The lowest BCUT2D eigenvalue weighted by molar-refractivity contribution is -0.118. The Balaban J connectivity index is 1.97. The number of methoxy groups -OCH3 is 1. The van der Waals surface area contributed by atoms with E-state index in [0.29, 0.717) is 22.7 Å². The molecular formula is C17H17NO4. The van der Waals surface area contributed by atoms with Gasteiger partial charge < -0.3 is 14.8 Å². The Morgan fingerprint density at radius 2 is 1.77 bits per heavy atom. The number of rotatable bonds is 6. The highest BCUT2D eigenvalue weighted by atomic mass is 16.5. The number of carbonyl (C=O) groups excluding carboxylic acids is 2. The molecule has 2 aromatic carbocycles. The van der Waals surface area contributed by atoms with Crippen molar-refractivity contribution in [1.82, 2.24) is 0 Å². The molecule has 0 aliphatic rings. The first kappa shape index (κ1) is 15.6. The van der Waals surface area contributed by atoms with Crippen molar-refractivity contribution in [3.05, 3.63) is 54.1 Å². The second-order valence-corrected chi connectivity index (χ2v) is 4.62. The lowest BCUT2D eigenvalue weighted by Crippen LogP contribution is -2.21. The van der Waals surface area contributed by atoms with E-state index in [4.69, 9.17) is 9.47 Å². The molecule has 0 saturated heterocycles. The van der Waals surface area contributed by atoms with Crippen LogP contribution in [0.15, 0.2) is 48.5 Å². The summed E-state index contributed by atoms with van der Waals surface area (Å²) in [5.41, 5.74) is 0.950. The maximum atomic E-state index is 11.9. The number of anilines is 1. The molecule has 0 radical (unpaired) electrons. The fourth-order valence-corrected chi connectivity index (χ4v) is 1.93. The molecule has 0 aliphatic heterocycles. The van der Waals surface area contributed by atoms with Gasteiger partial charge in [-0.2, -0.15) is 0 Å². The van der Waals surface area contributed by atoms with Crippen LogP contribution in [-0.4, -0.2) is 25.4 Å². The van der Waals surface area contributed by atoms with Crippen molar-refractivity contribution in [2.75, 3.05) is 19.0 Å². The smallest absolute Gasteiger partial charge is 0.262 e. The zero-order valence-corrected chi connectivity index (χ0v) is 12.5. The summed E-state index contributed by atoms with van der Waals surface area (Å²) in [4.78, 5) is 23.4. The molecule has 0 saturated carbocycles. The van der Waals surface area contributed by atoms with Crippen LogP contribution < -0.4 is 14.8 Å². The minimum Gasteiger partial charge on any atom is -0.497 e. The van der Waals surface area contributed by atoms with Crippen LogP contribution in [-0.2, 0) is 4.79 Å². The van der Waals surface area contributed by atoms with Crippen LogP contribution >= 0.6 is 0 Å². The number of Topliss-reactive ketones (excluding diaryl/α,β-unsaturated/α-hetero) is 1. The van der Waals surface area contributed by atoms with Gasteiger partial charge in [-0.25, -0.2) is 0 Å². The van der Waals surface area contributed by atoms with E-state index in [1.165, 1.54) is 6.92 Å². The van der Waals surface area contributed by atoms with E-state index in [1.807, 2.05) is 0 Å². The van der Waals surface area contributed by atoms with E-state index in [-0.39, 0.29) is 18.3 Å². The molecule has 0 fully saturated rings. The summed E-state index contributed by atoms with van der Waals surface area (Å²) in [7, 11) is 1.56. The quantitative estimate of drug-likeness (QED) is 0.833. The minimum atomic E-state index is -0.337. The van der Waals surface area contributed by atoms with Crippen LogP contribution in [0.5, 0.6) is 11.5 Å². The molecular weight excluding hydrogens is 282 g/mol. The molecule has 0 unspecified atom stereocenters. The number of ether oxygens (including phenoxy) is 2. The Morgan fingerprint density at radius 1 is 1.05 bits per heavy atom. The number of carbonyl (C=O) groups is 2. The first-order valence-electron chi connectivity index (χ1n) is 6.77. The molecule has 0 bridgehead atoms. The molecule has 1 amide bonds. The number of hydrogen-bond acceptors (Lipinski definition) is 4. The molecule has 1 N–H and O–H groups in total. The lowest BCUT2D eigenvalue weighted by Gasteiger charge is -2.10. The van der Waals surface area contributed by atoms with Gasteiger partial charge in [0.25, 0.3) is 5.91 Å². The average Bonchev–Trinajstić information content (AvgIpc) is 2.53. The SMILES string of the molecule is COc1cccc(OCC(=O)Nc2ccccc2C(C)=O)c1. The first-order chi connectivity index (χ1) is 10.6. The van der Waals surface area contributed by atoms with Crippen LogP contribution in [0.2, 0.25) is 0 Å². The number of amides is 1. The predicted molar refractivity (Wildman–Crippen MR) is 83.6 cm³/mol. The third kappa shape index (κ3) is 4.09. The zero-order chi connectivity index (χ0) is 15.9. The third-order valence-electron chi connectivity index (χ3n) is 2.99. The largest absolute Gasteiger partial charge is 0.497 e. The topological polar surface area (TPSA) is 64.6 Å². The van der Waals surface area contributed by atoms with Crippen LogP contribution in [0.25, 0.3) is 0 Å². The summed E-state index contributed by atoms with van der Waals surface area (Å²) in [6.07, 6.45) is 0. The number of benzene rings is 2. The standard InChI is InChI=1S/C17H17NO4/c1-12(19)15-8-3-4-9-16(15)18-17(20)11-22-14-7-5-6-13(10-14)21-2/h3-10H,11H2,1-2H3,(H,18,20). The van der Waals surface area contributed by atoms with Crippen molar-refractivity contribution < 1.29 is 19.1 Å². The van der Waals surface area contributed by atoms with Gasteiger partial charge >= 0.3 is 0 Å². The molecule has 114 valence electrons. The van der Waals surface area contributed by atoms with E-state index in [0.717, 1.165) is 0 Å². The summed E-state index contributed by atoms with van der Waals surface area (Å²) in [6.45, 7) is 1.30. The highest BCUT2D eigenvalue weighted by molar-refractivity contribution is 6.03. The molecule has 0 atom stereocenters. The highest BCUT2D eigenvalue weighted by Gasteiger charge is 2.10. The van der Waals surface area contributed by atoms with Crippen LogP contribution in [0.4, 0.5) is 5.69 Å². The summed E-state index contributed by atoms with van der Waals surface area (Å²) >= 11 is 0. The fraction of sp³-hybridized carbons (Fsp3) is 0.176. The van der Waals surface area contributed by atoms with Crippen molar-refractivity contribution in [3.63, 3.8) is 0 Å². The summed E-state index contributed by atoms with van der Waals surface area (Å²) in [5.74, 6) is 0.746. The van der Waals surface area contributed by atoms with E-state index in [9.17, 15) is 9.59 Å². The van der Waals surface area contributed by atoms with Crippen LogP contribution in [0.1, 0.15) is 17.3 Å². The van der Waals surface area contributed by atoms with Crippen molar-refractivity contribution in [2.45, 2.75) is 6.92 Å². The second kappa shape index (κ2) is 7.26. The van der Waals surface area contributed by atoms with Crippen molar-refractivity contribution in [1.29, 1.82) is 0 Å². The molecule has 22 heavy (non-hydrogen) atoms. The fourth-order valence-electron chi connectivity index (χ4n) is 1.93. The van der Waals surface area contributed by atoms with E-state index < -0.39 is 0 Å². The van der Waals surface area contributed by atoms with Gasteiger partial charge in [0.05, 0.1) is 12.8 Å². The molecule has 0 aliphatic carbocycles. The number of para-hydroxylation sites is 1. The molecule has 5 nitrogen and oxygen atoms in total. The first-order valence-corrected chi connectivity index (χ1v) is 6.77. The molecule has 5 heteroatoms. The molecule has 0 spiro atoms. The van der Waals surface area contributed by atoms with Gasteiger partial charge in [0, 0.05) is 11.6 Å². The van der Waals surface area contributed by atoms with Gasteiger partial charge in [-0.1, -0.05) is 18.2 Å². The monoisotopic (exact) mass is 299 g/mol. The third-order valence-corrected chi connectivity index (χ3v) is 2.99. The Kier molecular flexibility index (Phi) is 5.14. The maximum absolute atomic E-state index is 11.9. The molecule has 0 aromatic heterocycles. The van der Waals surface area contributed by atoms with Crippen molar-refractivity contribution in [2.24, 2.45) is 0 Å².